The van der Waals surface area contributed by atoms with Gasteiger partial charge in [0.25, 0.3) is 0 Å². The van der Waals surface area contributed by atoms with Crippen molar-refractivity contribution in [1.29, 1.82) is 0 Å². The van der Waals surface area contributed by atoms with Gasteiger partial charge in [-0.1, -0.05) is 31.0 Å². The quantitative estimate of drug-likeness (QED) is 0.117. The van der Waals surface area contributed by atoms with Crippen molar-refractivity contribution in [3.63, 3.8) is 0 Å². The number of esters is 1. The average molecular weight is 556 g/mol. The molecule has 1 aromatic heterocycles. The van der Waals surface area contributed by atoms with Crippen molar-refractivity contribution >= 4 is 5.97 Å². The van der Waals surface area contributed by atoms with E-state index in [0.717, 1.165) is 64.7 Å². The molecule has 10 nitrogen and oxygen atoms in total. The predicted octanol–water partition coefficient (Wildman–Crippen LogP) is 3.86. The summed E-state index contributed by atoms with van der Waals surface area (Å²) in [6, 6.07) is 12.4. The van der Waals surface area contributed by atoms with Crippen LogP contribution in [0.3, 0.4) is 0 Å². The summed E-state index contributed by atoms with van der Waals surface area (Å²) in [7, 11) is 0. The molecule has 3 aromatic rings. The smallest absolute Gasteiger partial charge is 0.333 e. The number of phenolic OH excluding ortho intramolecular Hbond substituents is 1. The fraction of sp³-hybridized carbons (Fsp3) is 0.467. The molecule has 0 radical (unpaired) electrons. The van der Waals surface area contributed by atoms with Gasteiger partial charge in [0.05, 0.1) is 18.0 Å². The number of nitrogens with zero attached hydrogens (tertiary/aromatic N) is 1. The number of unbranched alkanes of at least 4 members (excludes halogenated alkanes) is 4. The van der Waals surface area contributed by atoms with Crippen molar-refractivity contribution in [1.82, 2.24) is 14.9 Å². The Hall–Kier alpha value is -3.60. The highest BCUT2D eigenvalue weighted by Gasteiger charge is 2.11. The molecule has 0 bridgehead atoms. The number of nitrogens with one attached hydrogen (secondary N) is 2. The topological polar surface area (TPSA) is 146 Å². The van der Waals surface area contributed by atoms with Crippen molar-refractivity contribution in [3.05, 3.63) is 75.8 Å². The normalized spacial score (nSPS) is 11.9. The highest BCUT2D eigenvalue weighted by molar-refractivity contribution is 5.66. The summed E-state index contributed by atoms with van der Waals surface area (Å²) in [6.45, 7) is 3.99. The molecule has 40 heavy (non-hydrogen) atoms. The van der Waals surface area contributed by atoms with Gasteiger partial charge in [-0.15, -0.1) is 0 Å². The molecule has 2 aromatic carbocycles. The molecule has 0 saturated heterocycles. The van der Waals surface area contributed by atoms with Gasteiger partial charge in [0.1, 0.15) is 12.4 Å². The van der Waals surface area contributed by atoms with Crippen LogP contribution in [-0.2, 0) is 27.3 Å². The number of benzene rings is 2. The Morgan fingerprint density at radius 3 is 2.42 bits per heavy atom. The molecule has 0 aliphatic heterocycles. The van der Waals surface area contributed by atoms with Crippen LogP contribution in [0, 0.1) is 0 Å². The number of aromatic hydroxyl groups is 2. The predicted molar refractivity (Wildman–Crippen MR) is 152 cm³/mol. The zero-order valence-electron chi connectivity index (χ0n) is 23.1. The van der Waals surface area contributed by atoms with Crippen molar-refractivity contribution in [2.75, 3.05) is 26.3 Å². The Morgan fingerprint density at radius 2 is 1.73 bits per heavy atom. The molecular formula is C30H41N3O7. The number of aromatic amines is 1. The van der Waals surface area contributed by atoms with Gasteiger partial charge in [0.2, 0.25) is 5.88 Å². The second kappa shape index (κ2) is 16.5. The van der Waals surface area contributed by atoms with Gasteiger partial charge in [-0.25, -0.2) is 9.36 Å². The van der Waals surface area contributed by atoms with E-state index in [1.165, 1.54) is 29.3 Å². The highest BCUT2D eigenvalue weighted by atomic mass is 16.5. The van der Waals surface area contributed by atoms with Gasteiger partial charge in [-0.2, -0.15) is 0 Å². The van der Waals surface area contributed by atoms with Crippen molar-refractivity contribution < 1.29 is 29.6 Å². The molecule has 10 heteroatoms. The van der Waals surface area contributed by atoms with Gasteiger partial charge < -0.3 is 35.1 Å². The lowest BCUT2D eigenvalue weighted by Gasteiger charge is -2.14. The molecule has 3 rings (SSSR count). The van der Waals surface area contributed by atoms with Gasteiger partial charge in [-0.05, 0) is 74.0 Å². The van der Waals surface area contributed by atoms with Crippen LogP contribution in [-0.4, -0.2) is 57.1 Å². The van der Waals surface area contributed by atoms with E-state index in [1.54, 1.807) is 12.1 Å². The third-order valence-corrected chi connectivity index (χ3v) is 6.60. The minimum Gasteiger partial charge on any atom is -0.508 e. The zero-order chi connectivity index (χ0) is 28.7. The Labute approximate surface area is 234 Å². The van der Waals surface area contributed by atoms with Crippen LogP contribution in [0.5, 0.6) is 11.6 Å². The minimum atomic E-state index is -0.713. The molecule has 0 saturated carbocycles. The molecule has 5 N–H and O–H groups in total. The monoisotopic (exact) mass is 555 g/mol. The first-order valence-electron chi connectivity index (χ1n) is 13.9. The molecule has 0 unspecified atom stereocenters. The summed E-state index contributed by atoms with van der Waals surface area (Å²) < 4.78 is 11.9. The Morgan fingerprint density at radius 1 is 1.00 bits per heavy atom. The number of carbonyl (C=O) groups is 1. The van der Waals surface area contributed by atoms with Gasteiger partial charge >= 0.3 is 11.7 Å². The number of carbonyl (C=O) groups excluding carboxylic acids is 1. The van der Waals surface area contributed by atoms with E-state index < -0.39 is 12.1 Å². The maximum absolute atomic E-state index is 11.7. The van der Waals surface area contributed by atoms with Crippen molar-refractivity contribution in [3.8, 4) is 17.3 Å². The molecule has 0 amide bonds. The number of hydrogen-bond acceptors (Lipinski definition) is 8. The molecular weight excluding hydrogens is 514 g/mol. The number of rotatable bonds is 18. The number of aliphatic hydroxyl groups excluding tert-OH is 1. The van der Waals surface area contributed by atoms with E-state index in [0.29, 0.717) is 23.4 Å². The van der Waals surface area contributed by atoms with Crippen LogP contribution in [0.1, 0.15) is 68.2 Å². The fourth-order valence-corrected chi connectivity index (χ4v) is 4.33. The summed E-state index contributed by atoms with van der Waals surface area (Å²) in [5.41, 5.74) is 2.57. The van der Waals surface area contributed by atoms with E-state index in [-0.39, 0.29) is 23.9 Å². The average Bonchev–Trinajstić information content (AvgIpc) is 3.28. The summed E-state index contributed by atoms with van der Waals surface area (Å²) in [6.07, 6.45) is 7.70. The molecule has 0 fully saturated rings. The van der Waals surface area contributed by atoms with Crippen LogP contribution in [0.15, 0.2) is 53.5 Å². The molecule has 0 aliphatic carbocycles. The maximum Gasteiger partial charge on any atom is 0.333 e. The molecule has 0 aliphatic rings. The second-order valence-electron chi connectivity index (χ2n) is 9.83. The second-order valence-corrected chi connectivity index (χ2v) is 9.83. The van der Waals surface area contributed by atoms with Crippen LogP contribution in [0.4, 0.5) is 0 Å². The number of ether oxygens (including phenoxy) is 2. The third kappa shape index (κ3) is 10.2. The lowest BCUT2D eigenvalue weighted by atomic mass is 10.1. The SMILES string of the molecule is CC(=O)OCc1cc([C@@H](O)CNCCCCCCOCCCCc2ccc(-n3c(O)c[nH]c3=O)cc2)ccc1O. The third-order valence-electron chi connectivity index (χ3n) is 6.60. The largest absolute Gasteiger partial charge is 0.508 e. The Bertz CT molecular complexity index is 1240. The zero-order valence-corrected chi connectivity index (χ0v) is 23.1. The number of hydrogen-bond donors (Lipinski definition) is 5. The fourth-order valence-electron chi connectivity index (χ4n) is 4.33. The summed E-state index contributed by atoms with van der Waals surface area (Å²) in [5, 5.41) is 33.3. The van der Waals surface area contributed by atoms with Crippen LogP contribution >= 0.6 is 0 Å². The maximum atomic E-state index is 11.7. The molecule has 218 valence electrons. The number of aliphatic hydroxyl groups is 1. The lowest BCUT2D eigenvalue weighted by molar-refractivity contribution is -0.142. The molecule has 0 spiro atoms. The highest BCUT2D eigenvalue weighted by Crippen LogP contribution is 2.23. The van der Waals surface area contributed by atoms with Gasteiger partial charge in [0.15, 0.2) is 0 Å². The van der Waals surface area contributed by atoms with E-state index >= 15 is 0 Å². The number of aryl methyl sites for hydroxylation is 1. The first-order chi connectivity index (χ1) is 19.3. The Balaban J connectivity index is 1.16. The van der Waals surface area contributed by atoms with E-state index in [9.17, 15) is 24.9 Å². The van der Waals surface area contributed by atoms with Crippen LogP contribution in [0.25, 0.3) is 5.69 Å². The van der Waals surface area contributed by atoms with Crippen molar-refractivity contribution in [2.45, 2.75) is 64.6 Å². The van der Waals surface area contributed by atoms with E-state index in [1.807, 2.05) is 24.3 Å². The van der Waals surface area contributed by atoms with E-state index in [2.05, 4.69) is 10.3 Å². The number of aromatic nitrogens is 2. The molecule has 1 heterocycles. The number of imidazole rings is 1. The standard InChI is InChI=1S/C30H41N3O7/c1-22(34)40-21-25-18-24(11-14-27(25)35)28(36)19-31-15-5-2-3-6-16-39-17-7-4-8-23-9-12-26(13-10-23)33-29(37)20-32-30(33)38/h9-14,18,20,28,31,35-37H,2-8,15-17,19,21H2,1H3,(H,32,38)/t28-/m0/s1. The van der Waals surface area contributed by atoms with Gasteiger partial charge in [0, 0.05) is 32.2 Å². The van der Waals surface area contributed by atoms with Crippen LogP contribution < -0.4 is 11.0 Å². The first kappa shape index (κ1) is 30.9. The molecule has 1 atom stereocenters. The lowest BCUT2D eigenvalue weighted by Crippen LogP contribution is -2.22. The van der Waals surface area contributed by atoms with E-state index in [4.69, 9.17) is 9.47 Å². The van der Waals surface area contributed by atoms with Crippen LogP contribution in [0.2, 0.25) is 0 Å². The summed E-state index contributed by atoms with van der Waals surface area (Å²) in [5.74, 6) is -0.498. The minimum absolute atomic E-state index is 0.0266. The summed E-state index contributed by atoms with van der Waals surface area (Å²) in [4.78, 5) is 25.2. The van der Waals surface area contributed by atoms with Gasteiger partial charge in [-0.3, -0.25) is 4.79 Å². The number of H-pyrrole nitrogens is 1. The number of phenols is 1. The Kier molecular flexibility index (Phi) is 12.8. The first-order valence-corrected chi connectivity index (χ1v) is 13.9. The van der Waals surface area contributed by atoms with Crippen molar-refractivity contribution in [2.24, 2.45) is 0 Å². The summed E-state index contributed by atoms with van der Waals surface area (Å²) >= 11 is 0.